The molecule has 700 valence electrons. The number of hydrogen-bond acceptors (Lipinski definition) is 12. The Morgan fingerprint density at radius 1 is 0.205 bits per heavy atom. The summed E-state index contributed by atoms with van der Waals surface area (Å²) in [6.45, 7) is 23.5. The molecule has 19 aromatic carbocycles. The Hall–Kier alpha value is -17.6. The second-order valence-corrected chi connectivity index (χ2v) is 41.3. The topological polar surface area (TPSA) is 155 Å². The minimum absolute atomic E-state index is 0.00343. The Balaban J connectivity index is 0.000000111. The third kappa shape index (κ3) is 13.9. The van der Waals surface area contributed by atoms with Gasteiger partial charge in [0.1, 0.15) is 33.5 Å². The van der Waals surface area contributed by atoms with E-state index in [0.29, 0.717) is 52.4 Å². The lowest BCUT2D eigenvalue weighted by atomic mass is 9.62. The molecule has 146 heavy (non-hydrogen) atoms. The number of furan rings is 3. The van der Waals surface area contributed by atoms with Gasteiger partial charge < -0.3 is 13.3 Å². The van der Waals surface area contributed by atoms with E-state index in [1.165, 1.54) is 77.5 Å². The van der Waals surface area contributed by atoms with E-state index in [4.69, 9.17) is 58.1 Å². The van der Waals surface area contributed by atoms with Crippen LogP contribution < -0.4 is 0 Å². The summed E-state index contributed by atoms with van der Waals surface area (Å²) >= 11 is 0. The average molecular weight is 1890 g/mol. The first kappa shape index (κ1) is 88.6. The fourth-order valence-electron chi connectivity index (χ4n) is 23.9. The number of para-hydroxylation sites is 3. The zero-order valence-electron chi connectivity index (χ0n) is 82.8. The van der Waals surface area contributed by atoms with Crippen LogP contribution in [0.25, 0.3) is 245 Å². The quantitative estimate of drug-likeness (QED) is 0.107. The number of fused-ring (bicyclic) bond motifs is 25. The monoisotopic (exact) mass is 1880 g/mol. The molecule has 0 radical (unpaired) electrons. The maximum absolute atomic E-state index is 6.85. The Morgan fingerprint density at radius 3 is 0.932 bits per heavy atom. The van der Waals surface area contributed by atoms with Crippen molar-refractivity contribution in [2.75, 3.05) is 0 Å². The molecular formula is C134H101N9O3. The van der Waals surface area contributed by atoms with Crippen LogP contribution in [0.15, 0.2) is 420 Å². The van der Waals surface area contributed by atoms with Gasteiger partial charge in [0.15, 0.2) is 52.4 Å². The van der Waals surface area contributed by atoms with Crippen LogP contribution in [0.3, 0.4) is 0 Å². The van der Waals surface area contributed by atoms with Crippen LogP contribution in [0.4, 0.5) is 0 Å². The summed E-state index contributed by atoms with van der Waals surface area (Å²) in [6, 6.07) is 142. The van der Waals surface area contributed by atoms with Crippen LogP contribution >= 0.6 is 0 Å². The normalized spacial score (nSPS) is 14.8. The van der Waals surface area contributed by atoms with Crippen LogP contribution in [-0.4, -0.2) is 44.9 Å². The Kier molecular flexibility index (Phi) is 20.8. The second-order valence-electron chi connectivity index (χ2n) is 41.3. The summed E-state index contributed by atoms with van der Waals surface area (Å²) in [5, 5.41) is 13.5. The molecular weight excluding hydrogens is 1780 g/mol. The number of rotatable bonds is 12. The molecule has 0 N–H and O–H groups in total. The summed E-state index contributed by atoms with van der Waals surface area (Å²) < 4.78 is 20.4. The van der Waals surface area contributed by atoms with Crippen molar-refractivity contribution in [1.82, 2.24) is 44.9 Å². The first-order valence-corrected chi connectivity index (χ1v) is 50.6. The Bertz CT molecular complexity index is 9600. The van der Waals surface area contributed by atoms with Crippen molar-refractivity contribution in [2.24, 2.45) is 10.8 Å². The zero-order valence-corrected chi connectivity index (χ0v) is 82.8. The number of benzene rings is 19. The lowest BCUT2D eigenvalue weighted by molar-refractivity contribution is 0.255. The molecule has 2 atom stereocenters. The van der Waals surface area contributed by atoms with Crippen molar-refractivity contribution in [3.8, 4) is 147 Å². The molecule has 0 spiro atoms. The molecule has 25 aromatic rings. The average Bonchev–Trinajstić information content (AvgIpc) is 1.61. The van der Waals surface area contributed by atoms with Crippen LogP contribution in [0.2, 0.25) is 0 Å². The first-order valence-electron chi connectivity index (χ1n) is 50.6. The summed E-state index contributed by atoms with van der Waals surface area (Å²) in [5.74, 6) is 5.51. The highest BCUT2D eigenvalue weighted by molar-refractivity contribution is 6.21. The second kappa shape index (κ2) is 34.4. The van der Waals surface area contributed by atoms with Gasteiger partial charge >= 0.3 is 0 Å². The standard InChI is InChI=1S/C47H35N3O.C44H33N3O.C43H33N3O/c1-46(2,3)47(4)37-24-13-12-21-33(37)40-38(47)25-26-39-41(40)34-22-14-23-35(42(34)51-39)44-48-43(28-15-6-5-7-16-28)49-45(50-44)36-27-29-17-8-9-18-30(29)31-19-10-11-20-32(31)36;1-3-44(4-2)35-25-14-13-22-32(35)38-36(44)26-27-37-39(38)33-23-15-24-34(40(33)48-37)43-46-41(29-18-9-6-10-19-29)45-42(47-43)31-21-12-11-20-30(31)28-16-7-5-8-17-28;1-42(2,3)43(4)33-23-11-10-19-30(33)36-34(43)24-25-35-37(36)31-21-13-22-32(38(31)47-35)41-45-39(27-15-6-5-7-16-27)44-40(46-41)29-20-12-17-26-14-8-9-18-28(26)29/h5-27H,1-4H3;5-27H,3-4H2,1-2H3;5-25H,1-4H3. The number of aromatic nitrogens is 9. The fourth-order valence-corrected chi connectivity index (χ4v) is 23.9. The lowest BCUT2D eigenvalue weighted by Crippen LogP contribution is -2.36. The Labute approximate surface area is 846 Å². The highest BCUT2D eigenvalue weighted by atomic mass is 16.3. The summed E-state index contributed by atoms with van der Waals surface area (Å²) in [4.78, 5) is 46.1. The van der Waals surface area contributed by atoms with Gasteiger partial charge in [0, 0.05) is 81.9 Å². The summed E-state index contributed by atoms with van der Waals surface area (Å²) in [5.41, 5.74) is 30.9. The molecule has 12 heteroatoms. The van der Waals surface area contributed by atoms with Gasteiger partial charge in [-0.2, -0.15) is 0 Å². The molecule has 3 aliphatic carbocycles. The van der Waals surface area contributed by atoms with Gasteiger partial charge in [-0.25, -0.2) is 44.9 Å². The van der Waals surface area contributed by atoms with Crippen molar-refractivity contribution in [1.29, 1.82) is 0 Å². The van der Waals surface area contributed by atoms with E-state index in [2.05, 4.69) is 385 Å². The molecule has 6 aromatic heterocycles. The number of hydrogen-bond donors (Lipinski definition) is 0. The Morgan fingerprint density at radius 2 is 0.493 bits per heavy atom. The van der Waals surface area contributed by atoms with Crippen LogP contribution in [-0.2, 0) is 16.2 Å². The van der Waals surface area contributed by atoms with Crippen molar-refractivity contribution >= 4 is 98.1 Å². The lowest BCUT2D eigenvalue weighted by Gasteiger charge is -2.41. The largest absolute Gasteiger partial charge is 0.455 e. The van der Waals surface area contributed by atoms with Crippen molar-refractivity contribution in [3.63, 3.8) is 0 Å². The van der Waals surface area contributed by atoms with Gasteiger partial charge in [0.25, 0.3) is 0 Å². The maximum Gasteiger partial charge on any atom is 0.167 e. The van der Waals surface area contributed by atoms with E-state index in [1.54, 1.807) is 0 Å². The smallest absolute Gasteiger partial charge is 0.167 e. The van der Waals surface area contributed by atoms with E-state index >= 15 is 0 Å². The first-order chi connectivity index (χ1) is 71.3. The molecule has 6 heterocycles. The van der Waals surface area contributed by atoms with E-state index < -0.39 is 0 Å². The molecule has 0 bridgehead atoms. The van der Waals surface area contributed by atoms with Crippen LogP contribution in [0.5, 0.6) is 0 Å². The maximum atomic E-state index is 6.85. The van der Waals surface area contributed by atoms with Gasteiger partial charge in [0.2, 0.25) is 0 Å². The third-order valence-electron chi connectivity index (χ3n) is 32.0. The van der Waals surface area contributed by atoms with Crippen molar-refractivity contribution in [2.45, 2.75) is 98.3 Å². The van der Waals surface area contributed by atoms with Crippen molar-refractivity contribution in [3.05, 3.63) is 440 Å². The number of nitrogens with zero attached hydrogens (tertiary/aromatic N) is 9. The minimum atomic E-state index is -0.162. The van der Waals surface area contributed by atoms with Gasteiger partial charge in [-0.1, -0.05) is 433 Å². The molecule has 28 rings (SSSR count). The van der Waals surface area contributed by atoms with Gasteiger partial charge in [-0.05, 0) is 176 Å². The highest BCUT2D eigenvalue weighted by Crippen LogP contribution is 2.63. The molecule has 3 aliphatic rings. The minimum Gasteiger partial charge on any atom is -0.455 e. The molecule has 0 amide bonds. The fraction of sp³-hybridized carbons (Fsp3) is 0.127. The summed E-state index contributed by atoms with van der Waals surface area (Å²) in [6.07, 6.45) is 2.08. The molecule has 0 aliphatic heterocycles. The predicted octanol–water partition coefficient (Wildman–Crippen LogP) is 35.2. The van der Waals surface area contributed by atoms with Gasteiger partial charge in [0.05, 0.1) is 16.7 Å². The molecule has 0 fully saturated rings. The van der Waals surface area contributed by atoms with E-state index in [1.807, 2.05) is 91.0 Å². The van der Waals surface area contributed by atoms with Crippen molar-refractivity contribution < 1.29 is 13.3 Å². The predicted molar refractivity (Wildman–Crippen MR) is 598 cm³/mol. The van der Waals surface area contributed by atoms with E-state index in [0.717, 1.165) is 161 Å². The molecule has 12 nitrogen and oxygen atoms in total. The SMILES string of the molecule is CC(C)(C)C1(C)c2ccccc2-c2c1ccc1oc3c(-c4nc(-c5ccccc5)nc(-c5cc6ccccc6c6ccccc56)n4)cccc3c21.CC(C)(C)C1(C)c2ccccc2-c2c1ccc1oc3c(-c4nc(-c5ccccc5)nc(-c5cccc6ccccc56)n4)cccc3c21.CCC1(CC)c2ccccc2-c2c1ccc1oc3c(-c4nc(-c5ccccc5)nc(-c5ccccc5-c5ccccc5)n4)cccc3c21. The van der Waals surface area contributed by atoms with Gasteiger partial charge in [-0.3, -0.25) is 0 Å². The van der Waals surface area contributed by atoms with E-state index in [9.17, 15) is 0 Å². The highest BCUT2D eigenvalue weighted by Gasteiger charge is 2.51. The van der Waals surface area contributed by atoms with Gasteiger partial charge in [-0.15, -0.1) is 0 Å². The molecule has 0 saturated carbocycles. The third-order valence-corrected chi connectivity index (χ3v) is 32.0. The molecule has 2 unspecified atom stereocenters. The van der Waals surface area contributed by atoms with E-state index in [-0.39, 0.29) is 27.1 Å². The van der Waals surface area contributed by atoms with Crippen LogP contribution in [0.1, 0.15) is 115 Å². The van der Waals surface area contributed by atoms with Crippen LogP contribution in [0, 0.1) is 10.8 Å². The molecule has 0 saturated heterocycles. The zero-order chi connectivity index (χ0) is 98.6. The summed E-state index contributed by atoms with van der Waals surface area (Å²) in [7, 11) is 0.